The molecule has 2 fully saturated rings. The van der Waals surface area contributed by atoms with Crippen molar-refractivity contribution in [3.8, 4) is 0 Å². The van der Waals surface area contributed by atoms with Gasteiger partial charge in [-0.1, -0.05) is 26.7 Å². The van der Waals surface area contributed by atoms with Crippen LogP contribution in [0.1, 0.15) is 79.6 Å². The first-order valence-corrected chi connectivity index (χ1v) is 8.57. The van der Waals surface area contributed by atoms with Gasteiger partial charge in [-0.05, 0) is 70.6 Å². The second-order valence-corrected chi connectivity index (χ2v) is 7.88. The first kappa shape index (κ1) is 15.9. The van der Waals surface area contributed by atoms with Gasteiger partial charge in [0, 0.05) is 0 Å². The van der Waals surface area contributed by atoms with E-state index in [0.29, 0.717) is 11.8 Å². The molecule has 20 heavy (non-hydrogen) atoms. The van der Waals surface area contributed by atoms with E-state index >= 15 is 0 Å². The lowest BCUT2D eigenvalue weighted by molar-refractivity contribution is -0.194. The highest BCUT2D eigenvalue weighted by atomic mass is 16.6. The highest BCUT2D eigenvalue weighted by Crippen LogP contribution is 2.51. The van der Waals surface area contributed by atoms with Gasteiger partial charge in [-0.2, -0.15) is 0 Å². The molecule has 0 spiro atoms. The van der Waals surface area contributed by atoms with Crippen molar-refractivity contribution in [1.29, 1.82) is 0 Å². The molecule has 0 aromatic heterocycles. The van der Waals surface area contributed by atoms with Crippen molar-refractivity contribution in [3.63, 3.8) is 0 Å². The van der Waals surface area contributed by atoms with E-state index in [2.05, 4.69) is 20.8 Å². The Morgan fingerprint density at radius 3 is 2.55 bits per heavy atom. The fourth-order valence-corrected chi connectivity index (χ4v) is 4.22. The molecule has 0 N–H and O–H groups in total. The van der Waals surface area contributed by atoms with Gasteiger partial charge in [-0.25, -0.2) is 0 Å². The number of hydrogen-bond donors (Lipinski definition) is 0. The molecule has 2 aliphatic rings. The zero-order valence-corrected chi connectivity index (χ0v) is 14.0. The van der Waals surface area contributed by atoms with Gasteiger partial charge >= 0.3 is 5.97 Å². The maximum absolute atomic E-state index is 12.6. The fourth-order valence-electron chi connectivity index (χ4n) is 4.22. The summed E-state index contributed by atoms with van der Waals surface area (Å²) in [5, 5.41) is 0. The molecule has 2 rings (SSSR count). The van der Waals surface area contributed by atoms with Crippen molar-refractivity contribution in [3.05, 3.63) is 0 Å². The third-order valence-corrected chi connectivity index (χ3v) is 6.26. The third-order valence-electron chi connectivity index (χ3n) is 6.26. The van der Waals surface area contributed by atoms with Crippen molar-refractivity contribution < 1.29 is 9.53 Å². The smallest absolute Gasteiger partial charge is 0.312 e. The summed E-state index contributed by atoms with van der Waals surface area (Å²) in [7, 11) is 0. The van der Waals surface area contributed by atoms with Crippen LogP contribution < -0.4 is 0 Å². The second kappa shape index (κ2) is 5.69. The van der Waals surface area contributed by atoms with Gasteiger partial charge in [0.15, 0.2) is 0 Å². The molecule has 2 nitrogen and oxygen atoms in total. The first-order chi connectivity index (χ1) is 9.33. The lowest BCUT2D eigenvalue weighted by Crippen LogP contribution is -2.53. The maximum Gasteiger partial charge on any atom is 0.312 e. The highest BCUT2D eigenvalue weighted by Gasteiger charge is 2.51. The predicted molar refractivity (Wildman–Crippen MR) is 82.4 cm³/mol. The number of carbonyl (C=O) groups excluding carboxylic acids is 1. The number of esters is 1. The molecule has 2 aliphatic carbocycles. The van der Waals surface area contributed by atoms with Gasteiger partial charge in [0.1, 0.15) is 5.60 Å². The summed E-state index contributed by atoms with van der Waals surface area (Å²) in [6, 6.07) is 0. The summed E-state index contributed by atoms with van der Waals surface area (Å²) in [6.07, 6.45) is 8.43. The van der Waals surface area contributed by atoms with Gasteiger partial charge in [0.25, 0.3) is 0 Å². The van der Waals surface area contributed by atoms with Gasteiger partial charge < -0.3 is 4.74 Å². The molecule has 2 saturated carbocycles. The topological polar surface area (TPSA) is 26.3 Å². The van der Waals surface area contributed by atoms with Crippen LogP contribution in [0.4, 0.5) is 0 Å². The molecule has 116 valence electrons. The molecule has 0 aromatic rings. The van der Waals surface area contributed by atoms with Crippen LogP contribution in [0.2, 0.25) is 0 Å². The molecular formula is C18H32O2. The number of carbonyl (C=O) groups is 1. The molecule has 4 unspecified atom stereocenters. The number of hydrogen-bond acceptors (Lipinski definition) is 2. The Morgan fingerprint density at radius 1 is 1.25 bits per heavy atom. The SMILES string of the molecule is CCC1CC2CCCC(C2)C1(C)OC(=O)C(C)(C)CC. The van der Waals surface area contributed by atoms with E-state index in [4.69, 9.17) is 4.74 Å². The van der Waals surface area contributed by atoms with E-state index in [1.54, 1.807) is 0 Å². The lowest BCUT2D eigenvalue weighted by Gasteiger charge is -2.52. The van der Waals surface area contributed by atoms with Gasteiger partial charge in [0.2, 0.25) is 0 Å². The molecule has 0 amide bonds. The van der Waals surface area contributed by atoms with Gasteiger partial charge in [0.05, 0.1) is 5.41 Å². The fraction of sp³-hybridized carbons (Fsp3) is 0.944. The summed E-state index contributed by atoms with van der Waals surface area (Å²) in [5.41, 5.74) is -0.581. The Morgan fingerprint density at radius 2 is 1.95 bits per heavy atom. The monoisotopic (exact) mass is 280 g/mol. The summed E-state index contributed by atoms with van der Waals surface area (Å²) < 4.78 is 6.18. The zero-order chi connectivity index (χ0) is 15.0. The zero-order valence-electron chi connectivity index (χ0n) is 14.0. The molecule has 0 radical (unpaired) electrons. The van der Waals surface area contributed by atoms with E-state index in [-0.39, 0.29) is 17.0 Å². The molecule has 0 heterocycles. The van der Waals surface area contributed by atoms with Gasteiger partial charge in [-0.15, -0.1) is 0 Å². The minimum Gasteiger partial charge on any atom is -0.458 e. The van der Waals surface area contributed by atoms with Crippen LogP contribution >= 0.6 is 0 Å². The number of fused-ring (bicyclic) bond motifs is 2. The largest absolute Gasteiger partial charge is 0.458 e. The van der Waals surface area contributed by atoms with Crippen LogP contribution in [0.3, 0.4) is 0 Å². The molecule has 2 bridgehead atoms. The second-order valence-electron chi connectivity index (χ2n) is 7.88. The van der Waals surface area contributed by atoms with Crippen LogP contribution in [-0.4, -0.2) is 11.6 Å². The van der Waals surface area contributed by atoms with Crippen LogP contribution in [0.15, 0.2) is 0 Å². The van der Waals surface area contributed by atoms with E-state index < -0.39 is 0 Å². The van der Waals surface area contributed by atoms with Crippen LogP contribution in [0, 0.1) is 23.2 Å². The Labute approximate surface area is 124 Å². The van der Waals surface area contributed by atoms with Crippen LogP contribution in [-0.2, 0) is 9.53 Å². The third kappa shape index (κ3) is 2.76. The summed E-state index contributed by atoms with van der Waals surface area (Å²) >= 11 is 0. The molecule has 4 atom stereocenters. The quantitative estimate of drug-likeness (QED) is 0.680. The summed E-state index contributed by atoms with van der Waals surface area (Å²) in [5.74, 6) is 2.01. The average Bonchev–Trinajstić information content (AvgIpc) is 2.43. The minimum atomic E-state index is -0.354. The number of rotatable bonds is 4. The van der Waals surface area contributed by atoms with Crippen molar-refractivity contribution in [2.24, 2.45) is 23.2 Å². The van der Waals surface area contributed by atoms with Crippen molar-refractivity contribution in [2.75, 3.05) is 0 Å². The Kier molecular flexibility index (Phi) is 4.51. The minimum absolute atomic E-state index is 0.00461. The average molecular weight is 280 g/mol. The van der Waals surface area contributed by atoms with Crippen LogP contribution in [0.5, 0.6) is 0 Å². The molecule has 2 heteroatoms. The molecule has 0 aliphatic heterocycles. The lowest BCUT2D eigenvalue weighted by atomic mass is 9.59. The van der Waals surface area contributed by atoms with Crippen molar-refractivity contribution >= 4 is 5.97 Å². The number of ether oxygens (including phenoxy) is 1. The highest BCUT2D eigenvalue weighted by molar-refractivity contribution is 5.76. The Balaban J connectivity index is 2.18. The summed E-state index contributed by atoms with van der Waals surface area (Å²) in [6.45, 7) is 10.6. The van der Waals surface area contributed by atoms with E-state index in [9.17, 15) is 4.79 Å². The van der Waals surface area contributed by atoms with Crippen molar-refractivity contribution in [1.82, 2.24) is 0 Å². The Bertz CT molecular complexity index is 356. The standard InChI is InChI=1S/C18H32O2/c1-6-14-11-13-9-8-10-15(12-13)18(14,5)20-16(19)17(3,4)7-2/h13-15H,6-12H2,1-5H3. The van der Waals surface area contributed by atoms with E-state index in [1.807, 2.05) is 13.8 Å². The molecule has 0 aromatic carbocycles. The maximum atomic E-state index is 12.6. The van der Waals surface area contributed by atoms with E-state index in [1.165, 1.54) is 32.1 Å². The Hall–Kier alpha value is -0.530. The normalized spacial score (nSPS) is 37.5. The molecular weight excluding hydrogens is 248 g/mol. The first-order valence-electron chi connectivity index (χ1n) is 8.57. The summed E-state index contributed by atoms with van der Waals surface area (Å²) in [4.78, 5) is 12.6. The predicted octanol–water partition coefficient (Wildman–Crippen LogP) is 4.96. The van der Waals surface area contributed by atoms with E-state index in [0.717, 1.165) is 18.8 Å². The van der Waals surface area contributed by atoms with Crippen molar-refractivity contribution in [2.45, 2.75) is 85.2 Å². The van der Waals surface area contributed by atoms with Gasteiger partial charge in [-0.3, -0.25) is 4.79 Å². The molecule has 0 saturated heterocycles. The van der Waals surface area contributed by atoms with Crippen LogP contribution in [0.25, 0.3) is 0 Å².